The molecule has 2 heterocycles. The van der Waals surface area contributed by atoms with Gasteiger partial charge in [0.25, 0.3) is 0 Å². The molecule has 9 rings (SSSR count). The first kappa shape index (κ1) is 27.3. The maximum absolute atomic E-state index is 6.77. The van der Waals surface area contributed by atoms with Gasteiger partial charge in [-0.1, -0.05) is 141 Å². The van der Waals surface area contributed by atoms with Gasteiger partial charge < -0.3 is 9.47 Å². The average Bonchev–Trinajstić information content (AvgIpc) is 3.37. The van der Waals surface area contributed by atoms with Gasteiger partial charge in [0.15, 0.2) is 40.5 Å². The van der Waals surface area contributed by atoms with Crippen LogP contribution in [0.5, 0.6) is 23.0 Å². The van der Waals surface area contributed by atoms with Crippen LogP contribution in [0.1, 0.15) is 25.0 Å². The van der Waals surface area contributed by atoms with Crippen LogP contribution in [0.3, 0.4) is 0 Å². The predicted octanol–water partition coefficient (Wildman–Crippen LogP) is 10.7. The highest BCUT2D eigenvalue weighted by Gasteiger charge is 2.39. The Morgan fingerprint density at radius 3 is 1.64 bits per heavy atom. The van der Waals surface area contributed by atoms with Crippen molar-refractivity contribution in [2.24, 2.45) is 0 Å². The molecule has 0 bridgehead atoms. The summed E-state index contributed by atoms with van der Waals surface area (Å²) in [6.45, 7) is 4.54. The Balaban J connectivity index is 1.19. The number of benzene rings is 6. The van der Waals surface area contributed by atoms with Gasteiger partial charge in [0.2, 0.25) is 0 Å². The first-order valence-electron chi connectivity index (χ1n) is 15.8. The Hall–Kier alpha value is -6.07. The Kier molecular flexibility index (Phi) is 6.09. The van der Waals surface area contributed by atoms with Crippen LogP contribution in [-0.2, 0) is 5.41 Å². The van der Waals surface area contributed by atoms with Gasteiger partial charge in [-0.05, 0) is 34.4 Å². The van der Waals surface area contributed by atoms with Crippen molar-refractivity contribution >= 4 is 0 Å². The molecule has 0 fully saturated rings. The van der Waals surface area contributed by atoms with Gasteiger partial charge >= 0.3 is 0 Å². The second kappa shape index (κ2) is 10.5. The van der Waals surface area contributed by atoms with E-state index in [2.05, 4.69) is 62.4 Å². The molecule has 2 aliphatic rings. The number of ether oxygens (including phenoxy) is 2. The molecule has 5 heteroatoms. The zero-order valence-corrected chi connectivity index (χ0v) is 25.9. The number of nitrogens with zero attached hydrogens (tertiary/aromatic N) is 3. The molecule has 7 aromatic rings. The summed E-state index contributed by atoms with van der Waals surface area (Å²) in [6.07, 6.45) is 0. The van der Waals surface area contributed by atoms with Crippen LogP contribution >= 0.6 is 0 Å². The molecule has 1 aromatic heterocycles. The Morgan fingerprint density at radius 1 is 0.404 bits per heavy atom. The zero-order valence-electron chi connectivity index (χ0n) is 25.9. The first-order valence-corrected chi connectivity index (χ1v) is 15.8. The highest BCUT2D eigenvalue weighted by Crippen LogP contribution is 2.59. The summed E-state index contributed by atoms with van der Waals surface area (Å²) in [5.74, 6) is 4.61. The van der Waals surface area contributed by atoms with E-state index in [0.29, 0.717) is 34.7 Å². The summed E-state index contributed by atoms with van der Waals surface area (Å²) in [5.41, 5.74) is 9.25. The van der Waals surface area contributed by atoms with E-state index in [1.54, 1.807) is 0 Å². The van der Waals surface area contributed by atoms with Crippen molar-refractivity contribution in [3.63, 3.8) is 0 Å². The van der Waals surface area contributed by atoms with Crippen LogP contribution in [-0.4, -0.2) is 15.0 Å². The van der Waals surface area contributed by atoms with Crippen molar-refractivity contribution in [2.75, 3.05) is 0 Å². The van der Waals surface area contributed by atoms with Crippen molar-refractivity contribution < 1.29 is 9.47 Å². The molecule has 0 saturated carbocycles. The minimum atomic E-state index is -0.132. The molecule has 0 unspecified atom stereocenters. The molecule has 0 spiro atoms. The highest BCUT2D eigenvalue weighted by atomic mass is 16.6. The molecule has 0 saturated heterocycles. The quantitative estimate of drug-likeness (QED) is 0.199. The minimum Gasteiger partial charge on any atom is -0.449 e. The Bertz CT molecular complexity index is 2270. The molecule has 0 N–H and O–H groups in total. The van der Waals surface area contributed by atoms with E-state index in [9.17, 15) is 0 Å². The second-order valence-corrected chi connectivity index (χ2v) is 12.4. The molecule has 1 aliphatic carbocycles. The number of rotatable bonds is 4. The van der Waals surface area contributed by atoms with Gasteiger partial charge in [0.1, 0.15) is 0 Å². The van der Waals surface area contributed by atoms with E-state index in [-0.39, 0.29) is 5.41 Å². The fourth-order valence-electron chi connectivity index (χ4n) is 6.90. The van der Waals surface area contributed by atoms with Gasteiger partial charge in [0.05, 0.1) is 0 Å². The molecular formula is C42H29N3O2. The maximum atomic E-state index is 6.77. The van der Waals surface area contributed by atoms with Gasteiger partial charge in [0, 0.05) is 33.2 Å². The van der Waals surface area contributed by atoms with E-state index >= 15 is 0 Å². The van der Waals surface area contributed by atoms with Crippen LogP contribution in [0.2, 0.25) is 0 Å². The third-order valence-corrected chi connectivity index (χ3v) is 9.23. The normalized spacial score (nSPS) is 13.4. The number of aromatic nitrogens is 3. The van der Waals surface area contributed by atoms with Crippen LogP contribution in [0.4, 0.5) is 0 Å². The fourth-order valence-corrected chi connectivity index (χ4v) is 6.90. The number of hydrogen-bond donors (Lipinski definition) is 0. The topological polar surface area (TPSA) is 57.1 Å². The van der Waals surface area contributed by atoms with Crippen molar-refractivity contribution in [3.05, 3.63) is 151 Å². The lowest BCUT2D eigenvalue weighted by atomic mass is 9.82. The molecule has 5 nitrogen and oxygen atoms in total. The van der Waals surface area contributed by atoms with Gasteiger partial charge in [-0.15, -0.1) is 0 Å². The summed E-state index contributed by atoms with van der Waals surface area (Å²) in [7, 11) is 0. The fraction of sp³-hybridized carbons (Fsp3) is 0.0714. The number of hydrogen-bond acceptors (Lipinski definition) is 5. The highest BCUT2D eigenvalue weighted by molar-refractivity contribution is 5.90. The van der Waals surface area contributed by atoms with Crippen molar-refractivity contribution in [3.8, 4) is 79.4 Å². The summed E-state index contributed by atoms with van der Waals surface area (Å²) in [5, 5.41) is 0. The summed E-state index contributed by atoms with van der Waals surface area (Å²) >= 11 is 0. The van der Waals surface area contributed by atoms with Crippen molar-refractivity contribution in [1.29, 1.82) is 0 Å². The van der Waals surface area contributed by atoms with Gasteiger partial charge in [-0.25, -0.2) is 15.0 Å². The lowest BCUT2D eigenvalue weighted by molar-refractivity contribution is 0.361. The van der Waals surface area contributed by atoms with E-state index < -0.39 is 0 Å². The number of fused-ring (bicyclic) bond motifs is 6. The molecule has 0 atom stereocenters. The van der Waals surface area contributed by atoms with Gasteiger partial charge in [-0.2, -0.15) is 0 Å². The molecule has 6 aromatic carbocycles. The Morgan fingerprint density at radius 2 is 0.936 bits per heavy atom. The molecule has 1 aliphatic heterocycles. The second-order valence-electron chi connectivity index (χ2n) is 12.4. The zero-order chi connectivity index (χ0) is 31.5. The molecular weight excluding hydrogens is 578 g/mol. The standard InChI is InChI=1S/C42H29N3O2/c1-42(2)32-22-12-11-20-31(32)36-33(42)24-25-35-38(36)47-34-23-13-21-29(37(34)46-35)28-18-9-10-19-30(28)41-44-39(26-14-5-3-6-15-26)43-40(45-41)27-16-7-4-8-17-27/h3-25H,1-2H3. The van der Waals surface area contributed by atoms with Gasteiger partial charge in [-0.3, -0.25) is 0 Å². The molecule has 0 radical (unpaired) electrons. The molecule has 0 amide bonds. The van der Waals surface area contributed by atoms with Crippen LogP contribution in [0, 0.1) is 0 Å². The average molecular weight is 608 g/mol. The maximum Gasteiger partial charge on any atom is 0.178 e. The van der Waals surface area contributed by atoms with Crippen LogP contribution in [0.15, 0.2) is 140 Å². The summed E-state index contributed by atoms with van der Waals surface area (Å²) < 4.78 is 13.5. The molecule has 224 valence electrons. The minimum absolute atomic E-state index is 0.132. The monoisotopic (exact) mass is 607 g/mol. The van der Waals surface area contributed by atoms with Crippen molar-refractivity contribution in [2.45, 2.75) is 19.3 Å². The first-order chi connectivity index (χ1) is 23.1. The summed E-state index contributed by atoms with van der Waals surface area (Å²) in [4.78, 5) is 14.9. The molecule has 47 heavy (non-hydrogen) atoms. The van der Waals surface area contributed by atoms with E-state index in [1.807, 2.05) is 91.0 Å². The van der Waals surface area contributed by atoms with Crippen molar-refractivity contribution in [1.82, 2.24) is 15.0 Å². The number of para-hydroxylation sites is 1. The lowest BCUT2D eigenvalue weighted by Gasteiger charge is -2.26. The Labute approximate surface area is 273 Å². The summed E-state index contributed by atoms with van der Waals surface area (Å²) in [6, 6.07) is 47.1. The third kappa shape index (κ3) is 4.35. The van der Waals surface area contributed by atoms with Crippen LogP contribution in [0.25, 0.3) is 56.4 Å². The largest absolute Gasteiger partial charge is 0.449 e. The predicted molar refractivity (Wildman–Crippen MR) is 186 cm³/mol. The van der Waals surface area contributed by atoms with E-state index in [1.165, 1.54) is 16.7 Å². The smallest absolute Gasteiger partial charge is 0.178 e. The SMILES string of the molecule is CC1(C)c2ccccc2-c2c1ccc1c2Oc2cccc(-c3ccccc3-c3nc(-c4ccccc4)nc(-c4ccccc4)n3)c2O1. The van der Waals surface area contributed by atoms with Crippen LogP contribution < -0.4 is 9.47 Å². The van der Waals surface area contributed by atoms with E-state index in [0.717, 1.165) is 39.1 Å². The van der Waals surface area contributed by atoms with E-state index in [4.69, 9.17) is 24.4 Å². The third-order valence-electron chi connectivity index (χ3n) is 9.23. The lowest BCUT2D eigenvalue weighted by Crippen LogP contribution is -2.15.